The van der Waals surface area contributed by atoms with Crippen LogP contribution in [0.3, 0.4) is 0 Å². The third-order valence-corrected chi connectivity index (χ3v) is 0. The fourth-order valence-corrected chi connectivity index (χ4v) is 0. The number of halogens is 1. The minimum absolute atomic E-state index is 0. The molecule has 0 saturated carbocycles. The molecule has 0 bridgehead atoms. The van der Waals surface area contributed by atoms with Crippen molar-refractivity contribution in [3.63, 3.8) is 0 Å². The maximum atomic E-state index is 0. The molecule has 0 atom stereocenters. The third-order valence-electron chi connectivity index (χ3n) is 0. The van der Waals surface area contributed by atoms with E-state index < -0.39 is 0 Å². The van der Waals surface area contributed by atoms with Crippen molar-refractivity contribution >= 4 is 18.9 Å². The van der Waals surface area contributed by atoms with Gasteiger partial charge in [-0.05, 0) is 0 Å². The van der Waals surface area contributed by atoms with E-state index >= 15 is 0 Å². The molecule has 0 fully saturated rings. The summed E-state index contributed by atoms with van der Waals surface area (Å²) in [6.45, 7) is 0. The van der Waals surface area contributed by atoms with Gasteiger partial charge in [-0.2, -0.15) is 0 Å². The zero-order chi connectivity index (χ0) is 0. The molecular weight excluding hydrogens is 199 g/mol. The monoisotopic (exact) mass is 198 g/mol. The Kier molecular flexibility index (Phi) is 452. The normalized spacial score (nSPS) is 0. The molecule has 0 aromatic rings. The van der Waals surface area contributed by atoms with Gasteiger partial charge in [0.2, 0.25) is 0 Å². The molecule has 5 heavy (non-hydrogen) atoms. The number of hydrogen-bond acceptors (Lipinski definition) is 0. The van der Waals surface area contributed by atoms with Gasteiger partial charge in [0.1, 0.15) is 0 Å². The molecule has 0 aliphatic carbocycles. The Bertz CT molecular complexity index is 11.6. The molecule has 0 spiro atoms. The largest absolute Gasteiger partial charge is 0 e. The van der Waals surface area contributed by atoms with Gasteiger partial charge < -0.3 is 0 Å². The first-order valence-corrected chi connectivity index (χ1v) is 0. The molecule has 0 N–H and O–H groups in total. The van der Waals surface area contributed by atoms with Crippen LogP contribution in [0.1, 0.15) is 0 Å². The first-order valence-electron chi connectivity index (χ1n) is 0. The van der Waals surface area contributed by atoms with Gasteiger partial charge in [0, 0.05) is 73.9 Å². The van der Waals surface area contributed by atoms with Gasteiger partial charge in [-0.25, -0.2) is 0 Å². The Morgan fingerprint density at radius 3 is 1.00 bits per heavy atom. The summed E-state index contributed by atoms with van der Waals surface area (Å²) in [5.41, 5.74) is 0. The molecule has 0 aliphatic heterocycles. The first kappa shape index (κ1) is 61.5. The summed E-state index contributed by atoms with van der Waals surface area (Å²) in [7, 11) is 0. The van der Waals surface area contributed by atoms with E-state index in [1.165, 1.54) is 0 Å². The van der Waals surface area contributed by atoms with Crippen molar-refractivity contribution in [1.29, 1.82) is 0 Å². The fraction of sp³-hybridized carbons (Fsp3) is 0. The summed E-state index contributed by atoms with van der Waals surface area (Å²) in [5, 5.41) is 0. The smallest absolute Gasteiger partial charge is 0 e. The van der Waals surface area contributed by atoms with Crippen molar-refractivity contribution < 1.29 is 55.0 Å². The van der Waals surface area contributed by atoms with Gasteiger partial charge >= 0.3 is 0 Å². The van der Waals surface area contributed by atoms with E-state index in [-0.39, 0.29) is 73.9 Å². The van der Waals surface area contributed by atoms with E-state index in [1.807, 2.05) is 0 Å². The molecule has 0 aromatic carbocycles. The van der Waals surface area contributed by atoms with Crippen LogP contribution in [-0.4, -0.2) is 18.9 Å². The average molecular weight is 199 g/mol. The van der Waals surface area contributed by atoms with Crippen LogP contribution in [0.5, 0.6) is 0 Å². The minimum atomic E-state index is 0. The van der Waals surface area contributed by atoms with Crippen LogP contribution < -0.4 is 0 Å². The molecule has 4 radical (unpaired) electrons. The van der Waals surface area contributed by atoms with Crippen LogP contribution in [0.15, 0.2) is 0 Å². The van der Waals surface area contributed by atoms with E-state index in [0.717, 1.165) is 0 Å². The predicted molar refractivity (Wildman–Crippen MR) is 6.86 cm³/mol. The van der Waals surface area contributed by atoms with Gasteiger partial charge in [-0.1, -0.05) is 0 Å². The van der Waals surface area contributed by atoms with E-state index in [9.17, 15) is 0 Å². The minimum Gasteiger partial charge on any atom is 0 e. The van der Waals surface area contributed by atoms with Crippen molar-refractivity contribution in [2.24, 2.45) is 0 Å². The van der Waals surface area contributed by atoms with Crippen LogP contribution in [0.2, 0.25) is 0 Å². The quantitative estimate of drug-likeness (QED) is 0.482. The Labute approximate surface area is 73.4 Å². The Morgan fingerprint density at radius 1 is 1.00 bits per heavy atom. The second-order valence-corrected chi connectivity index (χ2v) is 0. The Hall–Kier alpha value is 2.05. The Balaban J connectivity index is 0. The van der Waals surface area contributed by atoms with Crippen LogP contribution in [0, 0.1) is 0 Å². The van der Waals surface area contributed by atoms with Gasteiger partial charge in [0.25, 0.3) is 0 Å². The van der Waals surface area contributed by atoms with Crippen LogP contribution in [-0.2, 0) is 50.3 Å². The molecule has 0 heterocycles. The van der Waals surface area contributed by atoms with Crippen molar-refractivity contribution in [2.45, 2.75) is 0 Å². The van der Waals surface area contributed by atoms with Gasteiger partial charge in [-0.15, -0.1) is 0 Å². The van der Waals surface area contributed by atoms with Crippen LogP contribution >= 0.6 is 0 Å². The van der Waals surface area contributed by atoms with E-state index in [0.29, 0.717) is 0 Å². The third kappa shape index (κ3) is 23.6. The van der Waals surface area contributed by atoms with Crippen molar-refractivity contribution in [2.75, 3.05) is 0 Å². The van der Waals surface area contributed by atoms with E-state index in [1.54, 1.807) is 0 Å². The second kappa shape index (κ2) is 36.8. The molecule has 0 aromatic heterocycles. The summed E-state index contributed by atoms with van der Waals surface area (Å²) >= 11 is 0. The summed E-state index contributed by atoms with van der Waals surface area (Å²) in [4.78, 5) is 0. The van der Waals surface area contributed by atoms with Crippen molar-refractivity contribution in [3.8, 4) is 0 Å². The summed E-state index contributed by atoms with van der Waals surface area (Å²) in [6.07, 6.45) is 0. The van der Waals surface area contributed by atoms with Crippen molar-refractivity contribution in [3.05, 3.63) is 0 Å². The maximum Gasteiger partial charge on any atom is 0 e. The SMILES string of the molecule is [Co].[F].[Li].[Mn].[Ni]. The van der Waals surface area contributed by atoms with Crippen LogP contribution in [0.25, 0.3) is 0 Å². The molecule has 0 aliphatic rings. The zero-order valence-corrected chi connectivity index (χ0v) is 5.61. The Morgan fingerprint density at radius 2 is 1.00 bits per heavy atom. The second-order valence-electron chi connectivity index (χ2n) is 0. The molecule has 0 unspecified atom stereocenters. The van der Waals surface area contributed by atoms with Gasteiger partial charge in [-0.3, -0.25) is 0 Å². The number of rotatable bonds is 0. The molecule has 0 rings (SSSR count). The fourth-order valence-electron chi connectivity index (χ4n) is 0. The van der Waals surface area contributed by atoms with Crippen molar-refractivity contribution in [1.82, 2.24) is 0 Å². The molecule has 0 nitrogen and oxygen atoms in total. The molecule has 0 amide bonds. The van der Waals surface area contributed by atoms with Crippen LogP contribution in [0.4, 0.5) is 4.70 Å². The van der Waals surface area contributed by atoms with E-state index in [2.05, 4.69) is 0 Å². The molecule has 34 valence electrons. The molecule has 5 heteroatoms. The molecule has 0 saturated heterocycles. The summed E-state index contributed by atoms with van der Waals surface area (Å²) in [5.74, 6) is 0. The summed E-state index contributed by atoms with van der Waals surface area (Å²) in [6, 6.07) is 0. The van der Waals surface area contributed by atoms with Gasteiger partial charge in [0.05, 0.1) is 0 Å². The van der Waals surface area contributed by atoms with E-state index in [4.69, 9.17) is 0 Å². The topological polar surface area (TPSA) is 0 Å². The number of hydrogen-bond donors (Lipinski definition) is 0. The maximum absolute atomic E-state index is 0. The molecular formula is CoFLiMnNi. The van der Waals surface area contributed by atoms with Gasteiger partial charge in [0.15, 0.2) is 0 Å². The standard InChI is InChI=1S/Co.F.Li.Mn.Ni. The predicted octanol–water partition coefficient (Wildman–Crippen LogP) is 0.0319. The first-order chi connectivity index (χ1) is 0. The summed E-state index contributed by atoms with van der Waals surface area (Å²) < 4.78 is 0. The average Bonchev–Trinajstić information content (AvgIpc) is 0. The zero-order valence-electron chi connectivity index (χ0n) is 2.41.